The summed E-state index contributed by atoms with van der Waals surface area (Å²) >= 11 is 1.26. The van der Waals surface area contributed by atoms with Crippen LogP contribution in [0, 0.1) is 6.92 Å². The quantitative estimate of drug-likeness (QED) is 0.822. The highest BCUT2D eigenvalue weighted by Crippen LogP contribution is 2.25. The zero-order valence-corrected chi connectivity index (χ0v) is 16.3. The molecule has 0 spiro atoms. The summed E-state index contributed by atoms with van der Waals surface area (Å²) in [7, 11) is -3.16. The molecule has 1 amide bonds. The minimum absolute atomic E-state index is 0.0382. The van der Waals surface area contributed by atoms with Crippen LogP contribution in [-0.4, -0.2) is 58.5 Å². The van der Waals surface area contributed by atoms with Crippen LogP contribution in [0.5, 0.6) is 0 Å². The molecule has 3 rings (SSSR count). The number of hydrogen-bond donors (Lipinski definition) is 1. The van der Waals surface area contributed by atoms with Crippen molar-refractivity contribution in [2.45, 2.75) is 32.7 Å². The first-order valence-corrected chi connectivity index (χ1v) is 10.9. The van der Waals surface area contributed by atoms with Gasteiger partial charge in [0.05, 0.1) is 11.4 Å². The van der Waals surface area contributed by atoms with Gasteiger partial charge in [0, 0.05) is 31.5 Å². The summed E-state index contributed by atoms with van der Waals surface area (Å²) in [6.45, 7) is 4.30. The summed E-state index contributed by atoms with van der Waals surface area (Å²) in [5, 5.41) is 3.61. The fourth-order valence-electron chi connectivity index (χ4n) is 2.82. The maximum atomic E-state index is 12.6. The lowest BCUT2D eigenvalue weighted by molar-refractivity contribution is 0.0927. The number of nitrogens with zero attached hydrogens (tertiary/aromatic N) is 4. The number of piperidine rings is 1. The number of aromatic nitrogens is 3. The van der Waals surface area contributed by atoms with E-state index in [-0.39, 0.29) is 17.7 Å². The Labute approximate surface area is 156 Å². The zero-order chi connectivity index (χ0) is 18.7. The van der Waals surface area contributed by atoms with Gasteiger partial charge in [-0.3, -0.25) is 4.79 Å². The van der Waals surface area contributed by atoms with Crippen molar-refractivity contribution in [2.24, 2.45) is 0 Å². The highest BCUT2D eigenvalue weighted by molar-refractivity contribution is 7.89. The third-order valence-electron chi connectivity index (χ3n) is 4.31. The van der Waals surface area contributed by atoms with E-state index in [4.69, 9.17) is 0 Å². The number of amides is 1. The van der Waals surface area contributed by atoms with E-state index in [9.17, 15) is 13.2 Å². The van der Waals surface area contributed by atoms with Crippen LogP contribution in [-0.2, 0) is 10.0 Å². The summed E-state index contributed by atoms with van der Waals surface area (Å²) in [6, 6.07) is 1.69. The average Bonchev–Trinajstić information content (AvgIpc) is 3.05. The molecule has 140 valence electrons. The van der Waals surface area contributed by atoms with Gasteiger partial charge in [0.1, 0.15) is 4.88 Å². The van der Waals surface area contributed by atoms with Crippen LogP contribution >= 0.6 is 11.3 Å². The van der Waals surface area contributed by atoms with Gasteiger partial charge in [-0.1, -0.05) is 0 Å². The van der Waals surface area contributed by atoms with Gasteiger partial charge >= 0.3 is 0 Å². The van der Waals surface area contributed by atoms with Gasteiger partial charge in [0.25, 0.3) is 5.91 Å². The van der Waals surface area contributed by atoms with Crippen molar-refractivity contribution in [1.82, 2.24) is 24.6 Å². The monoisotopic (exact) mass is 395 g/mol. The average molecular weight is 396 g/mol. The molecule has 0 aromatic carbocycles. The highest BCUT2D eigenvalue weighted by atomic mass is 32.2. The van der Waals surface area contributed by atoms with E-state index in [0.717, 1.165) is 0 Å². The summed E-state index contributed by atoms with van der Waals surface area (Å²) in [5.74, 6) is 0.422. The molecule has 1 aliphatic rings. The molecule has 1 N–H and O–H groups in total. The summed E-state index contributed by atoms with van der Waals surface area (Å²) in [5.41, 5.74) is 0.640. The molecule has 1 saturated heterocycles. The van der Waals surface area contributed by atoms with Crippen LogP contribution in [0.4, 0.5) is 0 Å². The second kappa shape index (κ2) is 7.77. The molecule has 0 unspecified atom stereocenters. The SMILES string of the molecule is CCS(=O)(=O)N1CCC(NC(=O)c2sc(-c3ncccn3)nc2C)CC1. The summed E-state index contributed by atoms with van der Waals surface area (Å²) < 4.78 is 25.3. The van der Waals surface area contributed by atoms with Crippen LogP contribution in [0.15, 0.2) is 18.5 Å². The van der Waals surface area contributed by atoms with Crippen LogP contribution in [0.3, 0.4) is 0 Å². The smallest absolute Gasteiger partial charge is 0.263 e. The third-order valence-corrected chi connectivity index (χ3v) is 7.34. The molecule has 8 nitrogen and oxygen atoms in total. The molecule has 0 saturated carbocycles. The van der Waals surface area contributed by atoms with Crippen molar-refractivity contribution in [2.75, 3.05) is 18.8 Å². The van der Waals surface area contributed by atoms with E-state index in [0.29, 0.717) is 47.3 Å². The number of aryl methyl sites for hydroxylation is 1. The molecule has 0 bridgehead atoms. The molecule has 1 fully saturated rings. The number of rotatable bonds is 5. The molecule has 0 atom stereocenters. The summed E-state index contributed by atoms with van der Waals surface area (Å²) in [6.07, 6.45) is 4.49. The fourth-order valence-corrected chi connectivity index (χ4v) is 4.87. The van der Waals surface area contributed by atoms with E-state index in [1.807, 2.05) is 0 Å². The fraction of sp³-hybridized carbons (Fsp3) is 0.500. The zero-order valence-electron chi connectivity index (χ0n) is 14.7. The molecule has 3 heterocycles. The minimum atomic E-state index is -3.16. The van der Waals surface area contributed by atoms with Crippen molar-refractivity contribution < 1.29 is 13.2 Å². The molecule has 26 heavy (non-hydrogen) atoms. The number of hydrogen-bond acceptors (Lipinski definition) is 7. The predicted octanol–water partition coefficient (Wildman–Crippen LogP) is 1.45. The minimum Gasteiger partial charge on any atom is -0.348 e. The Bertz CT molecular complexity index is 875. The van der Waals surface area contributed by atoms with E-state index < -0.39 is 10.0 Å². The Kier molecular flexibility index (Phi) is 5.64. The van der Waals surface area contributed by atoms with Crippen LogP contribution in [0.25, 0.3) is 10.8 Å². The van der Waals surface area contributed by atoms with Gasteiger partial charge in [-0.05, 0) is 32.8 Å². The van der Waals surface area contributed by atoms with Gasteiger partial charge in [-0.25, -0.2) is 27.7 Å². The molecule has 2 aromatic rings. The molecular weight excluding hydrogens is 374 g/mol. The molecule has 2 aromatic heterocycles. The second-order valence-corrected chi connectivity index (χ2v) is 9.31. The lowest BCUT2D eigenvalue weighted by Gasteiger charge is -2.31. The van der Waals surface area contributed by atoms with E-state index in [1.54, 1.807) is 32.3 Å². The number of sulfonamides is 1. The van der Waals surface area contributed by atoms with Crippen molar-refractivity contribution >= 4 is 27.3 Å². The lowest BCUT2D eigenvalue weighted by atomic mass is 10.1. The first kappa shape index (κ1) is 18.9. The van der Waals surface area contributed by atoms with Crippen molar-refractivity contribution in [3.8, 4) is 10.8 Å². The van der Waals surface area contributed by atoms with E-state index in [1.165, 1.54) is 15.6 Å². The Hall–Kier alpha value is -1.91. The van der Waals surface area contributed by atoms with E-state index in [2.05, 4.69) is 20.3 Å². The lowest BCUT2D eigenvalue weighted by Crippen LogP contribution is -2.46. The predicted molar refractivity (Wildman–Crippen MR) is 99.4 cm³/mol. The number of carbonyl (C=O) groups is 1. The van der Waals surface area contributed by atoms with Gasteiger partial charge in [0.2, 0.25) is 10.0 Å². The molecular formula is C16H21N5O3S2. The first-order chi connectivity index (χ1) is 12.4. The third kappa shape index (κ3) is 4.08. The standard InChI is InChI=1S/C16H21N5O3S2/c1-3-26(23,24)21-9-5-12(6-10-21)20-15(22)13-11(2)19-16(25-13)14-17-7-4-8-18-14/h4,7-8,12H,3,5-6,9-10H2,1-2H3,(H,20,22). The van der Waals surface area contributed by atoms with Crippen molar-refractivity contribution in [3.63, 3.8) is 0 Å². The van der Waals surface area contributed by atoms with Gasteiger partial charge < -0.3 is 5.32 Å². The Balaban J connectivity index is 1.64. The number of thiazole rings is 1. The number of nitrogens with one attached hydrogen (secondary N) is 1. The van der Waals surface area contributed by atoms with Crippen molar-refractivity contribution in [1.29, 1.82) is 0 Å². The highest BCUT2D eigenvalue weighted by Gasteiger charge is 2.28. The largest absolute Gasteiger partial charge is 0.348 e. The first-order valence-electron chi connectivity index (χ1n) is 8.44. The van der Waals surface area contributed by atoms with Crippen LogP contribution in [0.1, 0.15) is 35.1 Å². The Morgan fingerprint density at radius 2 is 1.96 bits per heavy atom. The maximum absolute atomic E-state index is 12.6. The van der Waals surface area contributed by atoms with Crippen LogP contribution < -0.4 is 5.32 Å². The van der Waals surface area contributed by atoms with Gasteiger partial charge in [-0.2, -0.15) is 0 Å². The molecule has 0 radical (unpaired) electrons. The maximum Gasteiger partial charge on any atom is 0.263 e. The Morgan fingerprint density at radius 1 is 1.31 bits per heavy atom. The molecule has 1 aliphatic heterocycles. The molecule has 10 heteroatoms. The van der Waals surface area contributed by atoms with Crippen LogP contribution in [0.2, 0.25) is 0 Å². The van der Waals surface area contributed by atoms with Crippen molar-refractivity contribution in [3.05, 3.63) is 29.0 Å². The van der Waals surface area contributed by atoms with Gasteiger partial charge in [0.15, 0.2) is 10.8 Å². The summed E-state index contributed by atoms with van der Waals surface area (Å²) in [4.78, 5) is 25.9. The molecule has 0 aliphatic carbocycles. The second-order valence-electron chi connectivity index (χ2n) is 6.05. The topological polar surface area (TPSA) is 105 Å². The number of carbonyl (C=O) groups excluding carboxylic acids is 1. The van der Waals surface area contributed by atoms with Gasteiger partial charge in [-0.15, -0.1) is 11.3 Å². The normalized spacial score (nSPS) is 16.5. The van der Waals surface area contributed by atoms with E-state index >= 15 is 0 Å². The Morgan fingerprint density at radius 3 is 2.58 bits per heavy atom.